The van der Waals surface area contributed by atoms with Crippen molar-refractivity contribution < 1.29 is 14.4 Å². The maximum Gasteiger partial charge on any atom is 0.261 e. The van der Waals surface area contributed by atoms with E-state index in [9.17, 15) is 14.4 Å². The van der Waals surface area contributed by atoms with Crippen molar-refractivity contribution in [2.24, 2.45) is 0 Å². The summed E-state index contributed by atoms with van der Waals surface area (Å²) in [6.45, 7) is 0.833. The van der Waals surface area contributed by atoms with Crippen molar-refractivity contribution in [2.75, 3.05) is 17.2 Å². The Morgan fingerprint density at radius 2 is 1.61 bits per heavy atom. The molecule has 2 aliphatic rings. The van der Waals surface area contributed by atoms with Crippen LogP contribution in [-0.4, -0.2) is 34.9 Å². The second kappa shape index (κ2) is 8.04. The van der Waals surface area contributed by atoms with Gasteiger partial charge in [-0.2, -0.15) is 0 Å². The fourth-order valence-electron chi connectivity index (χ4n) is 4.03. The molecule has 0 N–H and O–H groups in total. The van der Waals surface area contributed by atoms with E-state index >= 15 is 0 Å². The van der Waals surface area contributed by atoms with E-state index in [2.05, 4.69) is 0 Å². The molecule has 0 spiro atoms. The first-order valence-electron chi connectivity index (χ1n) is 10.2. The standard InChI is InChI=1S/C25H20N2O3S/c28-23(26-13-6-14-31-22-10-5-4-9-21(22)26)18-11-12-19-20(15-18)25(30)27(24(19)29)16-17-7-2-1-3-8-17/h1-5,7-12,15H,6,13-14,16H2. The largest absolute Gasteiger partial charge is 0.307 e. The Balaban J connectivity index is 1.45. The number of benzene rings is 3. The minimum Gasteiger partial charge on any atom is -0.307 e. The van der Waals surface area contributed by atoms with Gasteiger partial charge < -0.3 is 4.90 Å². The third-order valence-electron chi connectivity index (χ3n) is 5.59. The molecule has 0 aliphatic carbocycles. The molecule has 2 aliphatic heterocycles. The predicted octanol–water partition coefficient (Wildman–Crippen LogP) is 4.63. The molecule has 2 heterocycles. The Morgan fingerprint density at radius 1 is 0.871 bits per heavy atom. The lowest BCUT2D eigenvalue weighted by Gasteiger charge is -2.22. The Hall–Kier alpha value is -3.38. The lowest BCUT2D eigenvalue weighted by molar-refractivity contribution is 0.0642. The van der Waals surface area contributed by atoms with Crippen LogP contribution in [0.2, 0.25) is 0 Å². The van der Waals surface area contributed by atoms with Crippen molar-refractivity contribution in [3.8, 4) is 0 Å². The van der Waals surface area contributed by atoms with Crippen LogP contribution >= 0.6 is 11.8 Å². The van der Waals surface area contributed by atoms with Crippen LogP contribution in [0.15, 0.2) is 77.7 Å². The normalized spacial score (nSPS) is 15.5. The molecule has 154 valence electrons. The number of carbonyl (C=O) groups excluding carboxylic acids is 3. The Kier molecular flexibility index (Phi) is 5.08. The highest BCUT2D eigenvalue weighted by Gasteiger charge is 2.36. The van der Waals surface area contributed by atoms with Gasteiger partial charge in [-0.1, -0.05) is 42.5 Å². The molecular formula is C25H20N2O3S. The highest BCUT2D eigenvalue weighted by molar-refractivity contribution is 7.99. The average Bonchev–Trinajstić information content (AvgIpc) is 2.96. The van der Waals surface area contributed by atoms with E-state index < -0.39 is 0 Å². The predicted molar refractivity (Wildman–Crippen MR) is 121 cm³/mol. The lowest BCUT2D eigenvalue weighted by atomic mass is 10.0. The van der Waals surface area contributed by atoms with E-state index in [1.165, 1.54) is 4.90 Å². The van der Waals surface area contributed by atoms with Gasteiger partial charge in [-0.05, 0) is 48.1 Å². The quantitative estimate of drug-likeness (QED) is 0.571. The number of fused-ring (bicyclic) bond motifs is 2. The number of hydrogen-bond donors (Lipinski definition) is 0. The van der Waals surface area contributed by atoms with Gasteiger partial charge in [-0.15, -0.1) is 11.8 Å². The van der Waals surface area contributed by atoms with Crippen LogP contribution in [0.4, 0.5) is 5.69 Å². The maximum absolute atomic E-state index is 13.4. The van der Waals surface area contributed by atoms with Crippen molar-refractivity contribution >= 4 is 35.2 Å². The molecule has 0 unspecified atom stereocenters. The zero-order chi connectivity index (χ0) is 21.4. The molecule has 0 radical (unpaired) electrons. The van der Waals surface area contributed by atoms with Gasteiger partial charge in [0.05, 0.1) is 23.4 Å². The number of hydrogen-bond acceptors (Lipinski definition) is 4. The molecule has 6 heteroatoms. The molecule has 0 atom stereocenters. The number of para-hydroxylation sites is 1. The fourth-order valence-corrected chi connectivity index (χ4v) is 5.02. The SMILES string of the molecule is O=C1c2ccc(C(=O)N3CCCSc4ccccc43)cc2C(=O)N1Cc1ccccc1. The summed E-state index contributed by atoms with van der Waals surface area (Å²) >= 11 is 1.75. The molecule has 0 aromatic heterocycles. The van der Waals surface area contributed by atoms with Crippen molar-refractivity contribution in [1.29, 1.82) is 0 Å². The fraction of sp³-hybridized carbons (Fsp3) is 0.160. The van der Waals surface area contributed by atoms with E-state index in [1.54, 1.807) is 34.9 Å². The first kappa shape index (κ1) is 19.6. The molecule has 0 bridgehead atoms. The van der Waals surface area contributed by atoms with Gasteiger partial charge in [0.15, 0.2) is 0 Å². The summed E-state index contributed by atoms with van der Waals surface area (Å²) < 4.78 is 0. The Bertz CT molecular complexity index is 1190. The topological polar surface area (TPSA) is 57.7 Å². The number of rotatable bonds is 3. The van der Waals surface area contributed by atoms with E-state index in [0.717, 1.165) is 28.3 Å². The van der Waals surface area contributed by atoms with E-state index in [-0.39, 0.29) is 24.3 Å². The monoisotopic (exact) mass is 428 g/mol. The minimum absolute atomic E-state index is 0.153. The van der Waals surface area contributed by atoms with Crippen LogP contribution in [0, 0.1) is 0 Å². The zero-order valence-electron chi connectivity index (χ0n) is 16.8. The van der Waals surface area contributed by atoms with E-state index in [4.69, 9.17) is 0 Å². The molecule has 5 nitrogen and oxygen atoms in total. The number of amides is 3. The molecule has 5 rings (SSSR count). The van der Waals surface area contributed by atoms with Gasteiger partial charge in [0.2, 0.25) is 0 Å². The molecule has 0 fully saturated rings. The van der Waals surface area contributed by atoms with Gasteiger partial charge >= 0.3 is 0 Å². The van der Waals surface area contributed by atoms with Gasteiger partial charge in [0.1, 0.15) is 0 Å². The molecule has 3 amide bonds. The van der Waals surface area contributed by atoms with Crippen molar-refractivity contribution in [1.82, 2.24) is 4.90 Å². The van der Waals surface area contributed by atoms with Crippen LogP contribution in [0.25, 0.3) is 0 Å². The Labute approximate surface area is 184 Å². The van der Waals surface area contributed by atoms with E-state index in [1.807, 2.05) is 54.6 Å². The second-order valence-corrected chi connectivity index (χ2v) is 8.71. The number of anilines is 1. The summed E-state index contributed by atoms with van der Waals surface area (Å²) in [5, 5.41) is 0. The molecule has 3 aromatic rings. The van der Waals surface area contributed by atoms with Crippen LogP contribution in [0.1, 0.15) is 43.1 Å². The second-order valence-electron chi connectivity index (χ2n) is 7.57. The van der Waals surface area contributed by atoms with E-state index in [0.29, 0.717) is 23.2 Å². The first-order chi connectivity index (χ1) is 15.1. The van der Waals surface area contributed by atoms with Gasteiger partial charge in [0, 0.05) is 17.0 Å². The van der Waals surface area contributed by atoms with Crippen LogP contribution in [0.5, 0.6) is 0 Å². The third kappa shape index (κ3) is 3.53. The third-order valence-corrected chi connectivity index (χ3v) is 6.74. The number of carbonyl (C=O) groups is 3. The summed E-state index contributed by atoms with van der Waals surface area (Å²) in [7, 11) is 0. The summed E-state index contributed by atoms with van der Waals surface area (Å²) in [5.41, 5.74) is 2.84. The average molecular weight is 429 g/mol. The lowest BCUT2D eigenvalue weighted by Crippen LogP contribution is -2.32. The highest BCUT2D eigenvalue weighted by Crippen LogP contribution is 2.35. The van der Waals surface area contributed by atoms with Crippen LogP contribution < -0.4 is 4.90 Å². The van der Waals surface area contributed by atoms with Crippen LogP contribution in [0.3, 0.4) is 0 Å². The zero-order valence-corrected chi connectivity index (χ0v) is 17.6. The smallest absolute Gasteiger partial charge is 0.261 e. The molecule has 3 aromatic carbocycles. The number of imide groups is 1. The van der Waals surface area contributed by atoms with Crippen molar-refractivity contribution in [2.45, 2.75) is 17.9 Å². The van der Waals surface area contributed by atoms with Crippen molar-refractivity contribution in [3.05, 3.63) is 95.1 Å². The van der Waals surface area contributed by atoms with Crippen LogP contribution in [-0.2, 0) is 6.54 Å². The molecule has 0 saturated carbocycles. The molecule has 0 saturated heterocycles. The highest BCUT2D eigenvalue weighted by atomic mass is 32.2. The van der Waals surface area contributed by atoms with Gasteiger partial charge in [-0.3, -0.25) is 19.3 Å². The summed E-state index contributed by atoms with van der Waals surface area (Å²) in [6.07, 6.45) is 0.887. The number of nitrogens with zero attached hydrogens (tertiary/aromatic N) is 2. The molecular weight excluding hydrogens is 408 g/mol. The van der Waals surface area contributed by atoms with Gasteiger partial charge in [0.25, 0.3) is 17.7 Å². The summed E-state index contributed by atoms with van der Waals surface area (Å²) in [4.78, 5) is 43.3. The van der Waals surface area contributed by atoms with Crippen molar-refractivity contribution in [3.63, 3.8) is 0 Å². The summed E-state index contributed by atoms with van der Waals surface area (Å²) in [6, 6.07) is 22.1. The number of thioether (sulfide) groups is 1. The minimum atomic E-state index is -0.356. The summed E-state index contributed by atoms with van der Waals surface area (Å²) in [5.74, 6) is 0.121. The Morgan fingerprint density at radius 3 is 2.45 bits per heavy atom. The molecule has 31 heavy (non-hydrogen) atoms. The van der Waals surface area contributed by atoms with Gasteiger partial charge in [-0.25, -0.2) is 0 Å². The maximum atomic E-state index is 13.4. The first-order valence-corrected chi connectivity index (χ1v) is 11.2.